The molecule has 0 unspecified atom stereocenters. The quantitative estimate of drug-likeness (QED) is 0.745. The van der Waals surface area contributed by atoms with Crippen LogP contribution < -0.4 is 10.0 Å². The number of sulfonamides is 1. The zero-order valence-electron chi connectivity index (χ0n) is 12.7. The van der Waals surface area contributed by atoms with E-state index in [-0.39, 0.29) is 5.75 Å². The minimum atomic E-state index is -3.34. The molecule has 7 heteroatoms. The van der Waals surface area contributed by atoms with Gasteiger partial charge < -0.3 is 9.84 Å². The molecule has 0 aliphatic heterocycles. The highest BCUT2D eigenvalue weighted by molar-refractivity contribution is 7.88. The van der Waals surface area contributed by atoms with Crippen LogP contribution in [0.2, 0.25) is 0 Å². The molecule has 21 heavy (non-hydrogen) atoms. The van der Waals surface area contributed by atoms with Crippen LogP contribution in [0.15, 0.2) is 16.9 Å². The number of hydrogen-bond acceptors (Lipinski definition) is 5. The minimum absolute atomic E-state index is 0.137. The minimum Gasteiger partial charge on any atom is -0.364 e. The van der Waals surface area contributed by atoms with Gasteiger partial charge in [-0.3, -0.25) is 0 Å². The highest BCUT2D eigenvalue weighted by Gasteiger charge is 2.23. The van der Waals surface area contributed by atoms with Crippen LogP contribution in [0.5, 0.6) is 0 Å². The van der Waals surface area contributed by atoms with Crippen molar-refractivity contribution in [1.29, 1.82) is 0 Å². The highest BCUT2D eigenvalue weighted by Crippen LogP contribution is 2.29. The van der Waals surface area contributed by atoms with Gasteiger partial charge in [-0.05, 0) is 31.1 Å². The van der Waals surface area contributed by atoms with Crippen molar-refractivity contribution >= 4 is 10.0 Å². The van der Waals surface area contributed by atoms with Gasteiger partial charge in [0, 0.05) is 25.2 Å². The zero-order chi connectivity index (χ0) is 15.3. The predicted octanol–water partition coefficient (Wildman–Crippen LogP) is 1.51. The maximum atomic E-state index is 11.8. The molecule has 0 radical (unpaired) electrons. The van der Waals surface area contributed by atoms with E-state index < -0.39 is 10.0 Å². The molecule has 1 aliphatic carbocycles. The van der Waals surface area contributed by atoms with Crippen LogP contribution in [0.4, 0.5) is 0 Å². The molecule has 1 fully saturated rings. The van der Waals surface area contributed by atoms with Crippen LogP contribution in [0.25, 0.3) is 0 Å². The number of aromatic nitrogens is 1. The lowest BCUT2D eigenvalue weighted by Gasteiger charge is -2.32. The molecule has 3 atom stereocenters. The van der Waals surface area contributed by atoms with E-state index in [2.05, 4.69) is 33.6 Å². The third-order valence-electron chi connectivity index (χ3n) is 4.31. The second-order valence-electron chi connectivity index (χ2n) is 6.06. The van der Waals surface area contributed by atoms with Gasteiger partial charge in [0.05, 0.1) is 5.69 Å². The number of nitrogens with one attached hydrogen (secondary N) is 2. The van der Waals surface area contributed by atoms with Gasteiger partial charge in [-0.15, -0.1) is 0 Å². The van der Waals surface area contributed by atoms with E-state index in [1.165, 1.54) is 25.5 Å². The summed E-state index contributed by atoms with van der Waals surface area (Å²) in [5, 5.41) is 7.05. The second-order valence-corrected chi connectivity index (χ2v) is 7.87. The highest BCUT2D eigenvalue weighted by atomic mass is 32.2. The topological polar surface area (TPSA) is 84.2 Å². The summed E-state index contributed by atoms with van der Waals surface area (Å²) in [6.07, 6.45) is 4.97. The first-order chi connectivity index (χ1) is 9.96. The van der Waals surface area contributed by atoms with Crippen molar-refractivity contribution in [3.63, 3.8) is 0 Å². The summed E-state index contributed by atoms with van der Waals surface area (Å²) in [6.45, 7) is 5.66. The van der Waals surface area contributed by atoms with E-state index in [0.717, 1.165) is 11.8 Å². The lowest BCUT2D eigenvalue weighted by molar-refractivity contribution is 0.227. The van der Waals surface area contributed by atoms with E-state index in [1.807, 2.05) is 0 Å². The average molecular weight is 315 g/mol. The SMILES string of the molecule is C[C@@H]1CC[C@H](NCCNS(=O)(=O)Cc2ccon2)C[C@@H]1C. The third kappa shape index (κ3) is 5.41. The van der Waals surface area contributed by atoms with Gasteiger partial charge >= 0.3 is 0 Å². The van der Waals surface area contributed by atoms with Crippen molar-refractivity contribution in [2.75, 3.05) is 13.1 Å². The Morgan fingerprint density at radius 2 is 2.10 bits per heavy atom. The van der Waals surface area contributed by atoms with Gasteiger partial charge in [-0.25, -0.2) is 13.1 Å². The average Bonchev–Trinajstić information content (AvgIpc) is 2.91. The van der Waals surface area contributed by atoms with E-state index in [9.17, 15) is 8.42 Å². The predicted molar refractivity (Wildman–Crippen MR) is 81.1 cm³/mol. The first-order valence-corrected chi connectivity index (χ1v) is 9.21. The van der Waals surface area contributed by atoms with Gasteiger partial charge in [0.2, 0.25) is 10.0 Å². The molecule has 2 rings (SSSR count). The van der Waals surface area contributed by atoms with Gasteiger partial charge in [-0.1, -0.05) is 19.0 Å². The molecule has 0 bridgehead atoms. The molecule has 1 aliphatic rings. The molecular weight excluding hydrogens is 290 g/mol. The zero-order valence-corrected chi connectivity index (χ0v) is 13.5. The Balaban J connectivity index is 1.65. The Kier molecular flexibility index (Phi) is 5.78. The molecule has 0 amide bonds. The summed E-state index contributed by atoms with van der Waals surface area (Å²) < 4.78 is 30.9. The van der Waals surface area contributed by atoms with Crippen molar-refractivity contribution in [1.82, 2.24) is 15.2 Å². The summed E-state index contributed by atoms with van der Waals surface area (Å²) >= 11 is 0. The van der Waals surface area contributed by atoms with Gasteiger partial charge in [0.1, 0.15) is 12.0 Å². The van der Waals surface area contributed by atoms with Crippen molar-refractivity contribution < 1.29 is 12.9 Å². The Morgan fingerprint density at radius 3 is 2.76 bits per heavy atom. The summed E-state index contributed by atoms with van der Waals surface area (Å²) in [4.78, 5) is 0. The molecule has 1 aromatic rings. The van der Waals surface area contributed by atoms with E-state index >= 15 is 0 Å². The lowest BCUT2D eigenvalue weighted by atomic mass is 9.79. The normalized spacial score (nSPS) is 26.9. The number of hydrogen-bond donors (Lipinski definition) is 2. The molecule has 0 spiro atoms. The van der Waals surface area contributed by atoms with Crippen LogP contribution in [0.3, 0.4) is 0 Å². The Morgan fingerprint density at radius 1 is 1.29 bits per heavy atom. The standard InChI is InChI=1S/C14H25N3O3S/c1-11-3-4-13(9-12(11)2)15-6-7-16-21(18,19)10-14-5-8-20-17-14/h5,8,11-13,15-16H,3-4,6-7,9-10H2,1-2H3/t11-,12+,13+/m1/s1. The number of nitrogens with zero attached hydrogens (tertiary/aromatic N) is 1. The number of rotatable bonds is 7. The fraction of sp³-hybridized carbons (Fsp3) is 0.786. The van der Waals surface area contributed by atoms with Gasteiger partial charge in [-0.2, -0.15) is 0 Å². The summed E-state index contributed by atoms with van der Waals surface area (Å²) in [6, 6.07) is 2.07. The summed E-state index contributed by atoms with van der Waals surface area (Å²) in [7, 11) is -3.34. The van der Waals surface area contributed by atoms with Gasteiger partial charge in [0.25, 0.3) is 0 Å². The summed E-state index contributed by atoms with van der Waals surface area (Å²) in [5.41, 5.74) is 0.422. The maximum Gasteiger partial charge on any atom is 0.217 e. The molecule has 1 saturated carbocycles. The fourth-order valence-electron chi connectivity index (χ4n) is 2.77. The first-order valence-electron chi connectivity index (χ1n) is 7.56. The smallest absolute Gasteiger partial charge is 0.217 e. The van der Waals surface area contributed by atoms with E-state index in [1.54, 1.807) is 6.07 Å². The third-order valence-corrected chi connectivity index (χ3v) is 5.63. The van der Waals surface area contributed by atoms with Crippen molar-refractivity contribution in [2.45, 2.75) is 44.9 Å². The van der Waals surface area contributed by atoms with E-state index in [4.69, 9.17) is 0 Å². The molecule has 1 aromatic heterocycles. The Bertz CT molecular complexity index is 516. The Labute approximate surface area is 126 Å². The van der Waals surface area contributed by atoms with Crippen LogP contribution in [0, 0.1) is 11.8 Å². The molecular formula is C14H25N3O3S. The Hall–Kier alpha value is -0.920. The summed E-state index contributed by atoms with van der Waals surface area (Å²) in [5.74, 6) is 1.39. The first kappa shape index (κ1) is 16.5. The molecule has 6 nitrogen and oxygen atoms in total. The van der Waals surface area contributed by atoms with Crippen molar-refractivity contribution in [3.05, 3.63) is 18.0 Å². The monoisotopic (exact) mass is 315 g/mol. The molecule has 2 N–H and O–H groups in total. The molecule has 1 heterocycles. The second kappa shape index (κ2) is 7.38. The maximum absolute atomic E-state index is 11.8. The van der Waals surface area contributed by atoms with Crippen LogP contribution in [0.1, 0.15) is 38.8 Å². The molecule has 120 valence electrons. The largest absolute Gasteiger partial charge is 0.364 e. The molecule has 0 saturated heterocycles. The van der Waals surface area contributed by atoms with E-state index in [0.29, 0.717) is 24.8 Å². The molecule has 0 aromatic carbocycles. The van der Waals surface area contributed by atoms with Crippen LogP contribution in [-0.2, 0) is 15.8 Å². The van der Waals surface area contributed by atoms with Crippen molar-refractivity contribution in [3.8, 4) is 0 Å². The van der Waals surface area contributed by atoms with Crippen LogP contribution in [-0.4, -0.2) is 32.7 Å². The fourth-order valence-corrected chi connectivity index (χ4v) is 3.83. The van der Waals surface area contributed by atoms with Crippen molar-refractivity contribution in [2.24, 2.45) is 11.8 Å². The lowest BCUT2D eigenvalue weighted by Crippen LogP contribution is -2.40. The van der Waals surface area contributed by atoms with Crippen LogP contribution >= 0.6 is 0 Å². The van der Waals surface area contributed by atoms with Gasteiger partial charge in [0.15, 0.2) is 0 Å².